The first-order chi connectivity index (χ1) is 10.0. The molecule has 0 spiro atoms. The van der Waals surface area contributed by atoms with Crippen LogP contribution < -0.4 is 16.4 Å². The van der Waals surface area contributed by atoms with Gasteiger partial charge in [0.2, 0.25) is 5.91 Å². The summed E-state index contributed by atoms with van der Waals surface area (Å²) in [6.45, 7) is 1.89. The number of amides is 1. The van der Waals surface area contributed by atoms with Gasteiger partial charge < -0.3 is 16.4 Å². The van der Waals surface area contributed by atoms with Crippen LogP contribution in [0.25, 0.3) is 0 Å². The molecule has 0 saturated carbocycles. The van der Waals surface area contributed by atoms with Crippen molar-refractivity contribution in [3.8, 4) is 0 Å². The van der Waals surface area contributed by atoms with Gasteiger partial charge in [-0.25, -0.2) is 4.39 Å². The first-order valence-corrected chi connectivity index (χ1v) is 6.78. The summed E-state index contributed by atoms with van der Waals surface area (Å²) in [5, 5.41) is 5.96. The summed E-state index contributed by atoms with van der Waals surface area (Å²) < 4.78 is 13.3. The molecule has 1 aliphatic heterocycles. The van der Waals surface area contributed by atoms with Crippen LogP contribution in [0.2, 0.25) is 0 Å². The molecule has 21 heavy (non-hydrogen) atoms. The number of halogens is 1. The van der Waals surface area contributed by atoms with Gasteiger partial charge in [-0.3, -0.25) is 4.79 Å². The van der Waals surface area contributed by atoms with Crippen LogP contribution in [-0.4, -0.2) is 5.91 Å². The van der Waals surface area contributed by atoms with Gasteiger partial charge in [0.05, 0.1) is 11.4 Å². The van der Waals surface area contributed by atoms with E-state index >= 15 is 0 Å². The third kappa shape index (κ3) is 2.67. The van der Waals surface area contributed by atoms with Gasteiger partial charge in [0.1, 0.15) is 5.82 Å². The number of carbonyl (C=O) groups is 1. The molecule has 0 atom stereocenters. The normalized spacial score (nSPS) is 13.5. The molecule has 1 aliphatic rings. The summed E-state index contributed by atoms with van der Waals surface area (Å²) >= 11 is 0. The maximum Gasteiger partial charge on any atom is 0.224 e. The minimum Gasteiger partial charge on any atom is -0.397 e. The van der Waals surface area contributed by atoms with Crippen LogP contribution >= 0.6 is 0 Å². The van der Waals surface area contributed by atoms with E-state index in [1.807, 2.05) is 13.0 Å². The van der Waals surface area contributed by atoms with E-state index in [4.69, 9.17) is 5.73 Å². The molecule has 3 rings (SSSR count). The maximum atomic E-state index is 13.3. The van der Waals surface area contributed by atoms with Gasteiger partial charge >= 0.3 is 0 Å². The van der Waals surface area contributed by atoms with E-state index in [1.54, 1.807) is 12.1 Å². The molecule has 108 valence electrons. The summed E-state index contributed by atoms with van der Waals surface area (Å²) in [6, 6.07) is 8.19. The van der Waals surface area contributed by atoms with Gasteiger partial charge in [-0.15, -0.1) is 0 Å². The highest BCUT2D eigenvalue weighted by molar-refractivity contribution is 5.96. The lowest BCUT2D eigenvalue weighted by Gasteiger charge is -2.20. The summed E-state index contributed by atoms with van der Waals surface area (Å²) in [6.07, 6.45) is 1.16. The Bertz CT molecular complexity index is 728. The average molecular weight is 285 g/mol. The second kappa shape index (κ2) is 5.09. The molecule has 0 radical (unpaired) electrons. The van der Waals surface area contributed by atoms with E-state index in [9.17, 15) is 9.18 Å². The van der Waals surface area contributed by atoms with Crippen LogP contribution in [-0.2, 0) is 11.2 Å². The lowest BCUT2D eigenvalue weighted by molar-refractivity contribution is -0.116. The number of benzene rings is 2. The summed E-state index contributed by atoms with van der Waals surface area (Å²) in [7, 11) is 0. The number of hydrogen-bond acceptors (Lipinski definition) is 3. The van der Waals surface area contributed by atoms with Crippen LogP contribution in [0, 0.1) is 12.7 Å². The van der Waals surface area contributed by atoms with Crippen molar-refractivity contribution in [2.75, 3.05) is 16.4 Å². The van der Waals surface area contributed by atoms with Crippen molar-refractivity contribution in [2.45, 2.75) is 19.8 Å². The Morgan fingerprint density at radius 2 is 2.00 bits per heavy atom. The zero-order valence-corrected chi connectivity index (χ0v) is 11.7. The molecule has 1 heterocycles. The number of anilines is 4. The number of aryl methyl sites for hydroxylation is 2. The minimum atomic E-state index is -0.312. The molecular formula is C16H16FN3O. The van der Waals surface area contributed by atoms with Crippen molar-refractivity contribution in [1.82, 2.24) is 0 Å². The Balaban J connectivity index is 1.97. The van der Waals surface area contributed by atoms with E-state index in [0.29, 0.717) is 29.9 Å². The molecule has 0 saturated heterocycles. The first-order valence-electron chi connectivity index (χ1n) is 6.78. The predicted molar refractivity (Wildman–Crippen MR) is 82.2 cm³/mol. The Hall–Kier alpha value is -2.56. The summed E-state index contributed by atoms with van der Waals surface area (Å²) in [4.78, 5) is 11.5. The molecule has 0 fully saturated rings. The van der Waals surface area contributed by atoms with Crippen molar-refractivity contribution >= 4 is 28.7 Å². The monoisotopic (exact) mass is 285 g/mol. The van der Waals surface area contributed by atoms with Crippen LogP contribution in [0.5, 0.6) is 0 Å². The van der Waals surface area contributed by atoms with Crippen LogP contribution in [0.4, 0.5) is 27.1 Å². The number of hydrogen-bond donors (Lipinski definition) is 3. The van der Waals surface area contributed by atoms with Crippen LogP contribution in [0.3, 0.4) is 0 Å². The van der Waals surface area contributed by atoms with Gasteiger partial charge in [0.15, 0.2) is 0 Å². The number of nitrogen functional groups attached to an aromatic ring is 1. The van der Waals surface area contributed by atoms with Crippen LogP contribution in [0.15, 0.2) is 30.3 Å². The van der Waals surface area contributed by atoms with E-state index < -0.39 is 0 Å². The fraction of sp³-hybridized carbons (Fsp3) is 0.188. The highest BCUT2D eigenvalue weighted by atomic mass is 19.1. The van der Waals surface area contributed by atoms with Crippen molar-refractivity contribution in [3.05, 3.63) is 47.3 Å². The summed E-state index contributed by atoms with van der Waals surface area (Å²) in [5.74, 6) is -0.312. The van der Waals surface area contributed by atoms with Crippen molar-refractivity contribution in [3.63, 3.8) is 0 Å². The minimum absolute atomic E-state index is 0.000146. The lowest BCUT2D eigenvalue weighted by atomic mass is 10.0. The molecule has 4 nitrogen and oxygen atoms in total. The van der Waals surface area contributed by atoms with E-state index in [0.717, 1.165) is 16.8 Å². The van der Waals surface area contributed by atoms with E-state index in [-0.39, 0.29) is 11.7 Å². The number of fused-ring (bicyclic) bond motifs is 1. The molecule has 2 aromatic carbocycles. The highest BCUT2D eigenvalue weighted by Gasteiger charge is 2.17. The quantitative estimate of drug-likeness (QED) is 0.741. The topological polar surface area (TPSA) is 67.1 Å². The fourth-order valence-electron chi connectivity index (χ4n) is 2.43. The van der Waals surface area contributed by atoms with Crippen molar-refractivity contribution in [2.24, 2.45) is 0 Å². The average Bonchev–Trinajstić information content (AvgIpc) is 2.44. The highest BCUT2D eigenvalue weighted by Crippen LogP contribution is 2.33. The second-order valence-electron chi connectivity index (χ2n) is 5.23. The predicted octanol–water partition coefficient (Wildman–Crippen LogP) is 3.34. The maximum absolute atomic E-state index is 13.3. The largest absolute Gasteiger partial charge is 0.397 e. The van der Waals surface area contributed by atoms with Gasteiger partial charge in [0, 0.05) is 17.8 Å². The third-order valence-corrected chi connectivity index (χ3v) is 3.64. The van der Waals surface area contributed by atoms with Gasteiger partial charge in [-0.05, 0) is 48.7 Å². The van der Waals surface area contributed by atoms with E-state index in [2.05, 4.69) is 10.6 Å². The molecule has 2 aromatic rings. The van der Waals surface area contributed by atoms with Crippen molar-refractivity contribution in [1.29, 1.82) is 0 Å². The SMILES string of the molecule is Cc1ccc(F)cc1Nc1cc2c(cc1N)CCC(=O)N2. The Morgan fingerprint density at radius 1 is 1.19 bits per heavy atom. The smallest absolute Gasteiger partial charge is 0.224 e. The standard InChI is InChI=1S/C16H16FN3O/c1-9-2-4-11(17)7-13(9)19-15-8-14-10(6-12(15)18)3-5-16(21)20-14/h2,4,6-8,19H,3,5,18H2,1H3,(H,20,21). The lowest BCUT2D eigenvalue weighted by Crippen LogP contribution is -2.19. The first kappa shape index (κ1) is 13.4. The van der Waals surface area contributed by atoms with Gasteiger partial charge in [0.25, 0.3) is 0 Å². The number of rotatable bonds is 2. The summed E-state index contributed by atoms with van der Waals surface area (Å²) in [5.41, 5.74) is 10.6. The molecule has 0 aromatic heterocycles. The molecule has 0 bridgehead atoms. The number of carbonyl (C=O) groups excluding carboxylic acids is 1. The van der Waals surface area contributed by atoms with Crippen LogP contribution in [0.1, 0.15) is 17.5 Å². The molecule has 0 unspecified atom stereocenters. The molecule has 0 aliphatic carbocycles. The van der Waals surface area contributed by atoms with Crippen molar-refractivity contribution < 1.29 is 9.18 Å². The molecule has 4 N–H and O–H groups in total. The zero-order chi connectivity index (χ0) is 15.0. The fourth-order valence-corrected chi connectivity index (χ4v) is 2.43. The zero-order valence-electron chi connectivity index (χ0n) is 11.7. The Morgan fingerprint density at radius 3 is 2.81 bits per heavy atom. The molecular weight excluding hydrogens is 269 g/mol. The Kier molecular flexibility index (Phi) is 3.25. The molecule has 1 amide bonds. The second-order valence-corrected chi connectivity index (χ2v) is 5.23. The Labute approximate surface area is 122 Å². The molecule has 5 heteroatoms. The van der Waals surface area contributed by atoms with Gasteiger partial charge in [-0.1, -0.05) is 6.07 Å². The number of nitrogens with one attached hydrogen (secondary N) is 2. The number of nitrogens with two attached hydrogens (primary N) is 1. The third-order valence-electron chi connectivity index (χ3n) is 3.64. The van der Waals surface area contributed by atoms with Gasteiger partial charge in [-0.2, -0.15) is 0 Å². The van der Waals surface area contributed by atoms with E-state index in [1.165, 1.54) is 12.1 Å².